The topological polar surface area (TPSA) is 41.5 Å². The maximum atomic E-state index is 8.69. The minimum Gasteiger partial charge on any atom is -0.494 e. The lowest BCUT2D eigenvalue weighted by molar-refractivity contribution is 0.273. The molecular weight excluding hydrogens is 250 g/mol. The van der Waals surface area contributed by atoms with Crippen LogP contribution in [0, 0.1) is 0 Å². The van der Waals surface area contributed by atoms with Crippen LogP contribution in [0.3, 0.4) is 0 Å². The molecule has 3 nitrogen and oxygen atoms in total. The van der Waals surface area contributed by atoms with E-state index in [2.05, 4.69) is 43.4 Å². The molecule has 3 heteroatoms. The van der Waals surface area contributed by atoms with Crippen molar-refractivity contribution < 1.29 is 9.84 Å². The van der Waals surface area contributed by atoms with Gasteiger partial charge in [0.25, 0.3) is 0 Å². The Morgan fingerprint density at radius 3 is 2.35 bits per heavy atom. The first-order valence-electron chi connectivity index (χ1n) is 7.88. The van der Waals surface area contributed by atoms with E-state index in [1.807, 2.05) is 0 Å². The monoisotopic (exact) mass is 279 g/mol. The maximum Gasteiger partial charge on any atom is 0.119 e. The van der Waals surface area contributed by atoms with Gasteiger partial charge < -0.3 is 15.2 Å². The van der Waals surface area contributed by atoms with Gasteiger partial charge in [-0.05, 0) is 49.9 Å². The fourth-order valence-electron chi connectivity index (χ4n) is 2.30. The van der Waals surface area contributed by atoms with E-state index in [9.17, 15) is 0 Å². The van der Waals surface area contributed by atoms with Gasteiger partial charge in [0.05, 0.1) is 6.61 Å². The Morgan fingerprint density at radius 1 is 1.05 bits per heavy atom. The molecule has 0 heterocycles. The van der Waals surface area contributed by atoms with Crippen molar-refractivity contribution in [1.29, 1.82) is 0 Å². The molecule has 0 radical (unpaired) electrons. The Hall–Kier alpha value is -1.06. The fraction of sp³-hybridized carbons (Fsp3) is 0.647. The first kappa shape index (κ1) is 17.0. The number of benzene rings is 1. The molecule has 0 fully saturated rings. The number of rotatable bonds is 11. The lowest BCUT2D eigenvalue weighted by atomic mass is 10.0. The maximum absolute atomic E-state index is 8.69. The summed E-state index contributed by atoms with van der Waals surface area (Å²) in [6.45, 7) is 6.38. The number of nitrogens with one attached hydrogen (secondary N) is 1. The molecule has 1 aromatic rings. The highest BCUT2D eigenvalue weighted by Gasteiger charge is 2.07. The van der Waals surface area contributed by atoms with Gasteiger partial charge in [0, 0.05) is 12.6 Å². The standard InChI is InChI=1S/C17H29NO2/c1-3-17(18-4-2)15-9-11-16(12-10-15)20-14-8-6-5-7-13-19/h9-12,17-19H,3-8,13-14H2,1-2H3. The van der Waals surface area contributed by atoms with Crippen LogP contribution in [0.1, 0.15) is 57.6 Å². The molecule has 0 aliphatic rings. The fourth-order valence-corrected chi connectivity index (χ4v) is 2.30. The summed E-state index contributed by atoms with van der Waals surface area (Å²) in [4.78, 5) is 0. The first-order valence-corrected chi connectivity index (χ1v) is 7.88. The Bertz CT molecular complexity index is 337. The average molecular weight is 279 g/mol. The smallest absolute Gasteiger partial charge is 0.119 e. The Morgan fingerprint density at radius 2 is 1.75 bits per heavy atom. The second kappa shape index (κ2) is 10.7. The van der Waals surface area contributed by atoms with E-state index in [0.29, 0.717) is 12.6 Å². The van der Waals surface area contributed by atoms with Gasteiger partial charge in [-0.15, -0.1) is 0 Å². The molecule has 1 unspecified atom stereocenters. The summed E-state index contributed by atoms with van der Waals surface area (Å²) in [7, 11) is 0. The molecule has 0 saturated carbocycles. The summed E-state index contributed by atoms with van der Waals surface area (Å²) < 4.78 is 5.73. The van der Waals surface area contributed by atoms with E-state index in [1.165, 1.54) is 5.56 Å². The van der Waals surface area contributed by atoms with Crippen LogP contribution < -0.4 is 10.1 Å². The van der Waals surface area contributed by atoms with E-state index < -0.39 is 0 Å². The van der Waals surface area contributed by atoms with Gasteiger partial charge in [-0.1, -0.05) is 32.4 Å². The molecule has 20 heavy (non-hydrogen) atoms. The lowest BCUT2D eigenvalue weighted by Crippen LogP contribution is -2.19. The van der Waals surface area contributed by atoms with Crippen LogP contribution in [0.15, 0.2) is 24.3 Å². The van der Waals surface area contributed by atoms with E-state index in [1.54, 1.807) is 0 Å². The zero-order valence-electron chi connectivity index (χ0n) is 12.9. The summed E-state index contributed by atoms with van der Waals surface area (Å²) >= 11 is 0. The molecule has 0 aromatic heterocycles. The number of aliphatic hydroxyl groups is 1. The van der Waals surface area contributed by atoms with Gasteiger partial charge >= 0.3 is 0 Å². The predicted molar refractivity (Wildman–Crippen MR) is 84.2 cm³/mol. The van der Waals surface area contributed by atoms with Gasteiger partial charge in [0.15, 0.2) is 0 Å². The van der Waals surface area contributed by atoms with Gasteiger partial charge in [-0.3, -0.25) is 0 Å². The Kier molecular flexibility index (Phi) is 9.09. The predicted octanol–water partition coefficient (Wildman–Crippen LogP) is 3.68. The van der Waals surface area contributed by atoms with Crippen LogP contribution in [0.2, 0.25) is 0 Å². The Balaban J connectivity index is 2.31. The number of unbranched alkanes of at least 4 members (excludes halogenated alkanes) is 3. The third-order valence-electron chi connectivity index (χ3n) is 3.46. The molecule has 2 N–H and O–H groups in total. The van der Waals surface area contributed by atoms with Crippen molar-refractivity contribution in [3.05, 3.63) is 29.8 Å². The van der Waals surface area contributed by atoms with Crippen molar-refractivity contribution in [3.63, 3.8) is 0 Å². The average Bonchev–Trinajstić information content (AvgIpc) is 2.49. The van der Waals surface area contributed by atoms with Crippen molar-refractivity contribution in [3.8, 4) is 5.75 Å². The summed E-state index contributed by atoms with van der Waals surface area (Å²) in [6, 6.07) is 8.86. The second-order valence-corrected chi connectivity index (χ2v) is 5.07. The molecule has 0 aliphatic heterocycles. The second-order valence-electron chi connectivity index (χ2n) is 5.07. The molecular formula is C17H29NO2. The summed E-state index contributed by atoms with van der Waals surface area (Å²) in [5.74, 6) is 0.947. The minimum atomic E-state index is 0.298. The number of ether oxygens (including phenoxy) is 1. The van der Waals surface area contributed by atoms with Gasteiger partial charge in [0.1, 0.15) is 5.75 Å². The van der Waals surface area contributed by atoms with E-state index in [4.69, 9.17) is 9.84 Å². The Labute approximate surface area is 123 Å². The third-order valence-corrected chi connectivity index (χ3v) is 3.46. The molecule has 0 bridgehead atoms. The SMILES string of the molecule is CCNC(CC)c1ccc(OCCCCCCO)cc1. The number of hydrogen-bond donors (Lipinski definition) is 2. The van der Waals surface area contributed by atoms with Gasteiger partial charge in [0.2, 0.25) is 0 Å². The van der Waals surface area contributed by atoms with E-state index in [0.717, 1.165) is 51.0 Å². The quantitative estimate of drug-likeness (QED) is 0.607. The molecule has 114 valence electrons. The minimum absolute atomic E-state index is 0.298. The van der Waals surface area contributed by atoms with Crippen LogP contribution in [0.5, 0.6) is 5.75 Å². The van der Waals surface area contributed by atoms with Gasteiger partial charge in [-0.25, -0.2) is 0 Å². The number of aliphatic hydroxyl groups excluding tert-OH is 1. The highest BCUT2D eigenvalue weighted by Crippen LogP contribution is 2.20. The van der Waals surface area contributed by atoms with Crippen LogP contribution in [0.4, 0.5) is 0 Å². The van der Waals surface area contributed by atoms with Crippen LogP contribution in [-0.2, 0) is 0 Å². The van der Waals surface area contributed by atoms with Crippen molar-refractivity contribution in [2.45, 2.75) is 52.0 Å². The number of hydrogen-bond acceptors (Lipinski definition) is 3. The van der Waals surface area contributed by atoms with Crippen LogP contribution in [0.25, 0.3) is 0 Å². The summed E-state index contributed by atoms with van der Waals surface area (Å²) in [6.07, 6.45) is 5.25. The first-order chi connectivity index (χ1) is 9.81. The van der Waals surface area contributed by atoms with Crippen molar-refractivity contribution in [1.82, 2.24) is 5.32 Å². The molecule has 1 aromatic carbocycles. The lowest BCUT2D eigenvalue weighted by Gasteiger charge is -2.16. The normalized spacial score (nSPS) is 12.3. The van der Waals surface area contributed by atoms with E-state index >= 15 is 0 Å². The molecule has 1 atom stereocenters. The van der Waals surface area contributed by atoms with Crippen molar-refractivity contribution >= 4 is 0 Å². The molecule has 1 rings (SSSR count). The molecule has 0 spiro atoms. The van der Waals surface area contributed by atoms with Crippen LogP contribution in [-0.4, -0.2) is 24.9 Å². The van der Waals surface area contributed by atoms with E-state index in [-0.39, 0.29) is 0 Å². The summed E-state index contributed by atoms with van der Waals surface area (Å²) in [5, 5.41) is 12.2. The highest BCUT2D eigenvalue weighted by atomic mass is 16.5. The van der Waals surface area contributed by atoms with Crippen LogP contribution >= 0.6 is 0 Å². The zero-order chi connectivity index (χ0) is 14.6. The largest absolute Gasteiger partial charge is 0.494 e. The third kappa shape index (κ3) is 6.40. The molecule has 0 aliphatic carbocycles. The molecule has 0 amide bonds. The summed E-state index contributed by atoms with van der Waals surface area (Å²) in [5.41, 5.74) is 1.32. The van der Waals surface area contributed by atoms with Crippen molar-refractivity contribution in [2.24, 2.45) is 0 Å². The van der Waals surface area contributed by atoms with Crippen molar-refractivity contribution in [2.75, 3.05) is 19.8 Å². The zero-order valence-corrected chi connectivity index (χ0v) is 12.9. The van der Waals surface area contributed by atoms with Gasteiger partial charge in [-0.2, -0.15) is 0 Å². The molecule has 0 saturated heterocycles. The highest BCUT2D eigenvalue weighted by molar-refractivity contribution is 5.29.